The minimum atomic E-state index is -0.182. The van der Waals surface area contributed by atoms with E-state index in [9.17, 15) is 4.79 Å². The van der Waals surface area contributed by atoms with Crippen molar-refractivity contribution in [2.24, 2.45) is 5.41 Å². The lowest BCUT2D eigenvalue weighted by molar-refractivity contribution is -0.133. The van der Waals surface area contributed by atoms with Crippen LogP contribution in [0, 0.1) is 5.41 Å². The van der Waals surface area contributed by atoms with E-state index >= 15 is 0 Å². The summed E-state index contributed by atoms with van der Waals surface area (Å²) in [5, 5.41) is 4.25. The molecule has 0 saturated heterocycles. The lowest BCUT2D eigenvalue weighted by Gasteiger charge is -2.43. The Hall–Kier alpha value is -0.465. The molecular weight excluding hydrogens is 329 g/mol. The molecule has 2 aliphatic rings. The van der Waals surface area contributed by atoms with E-state index in [1.807, 2.05) is 0 Å². The topological polar surface area (TPSA) is 29.1 Å². The summed E-state index contributed by atoms with van der Waals surface area (Å²) in [7, 11) is 1.39. The van der Waals surface area contributed by atoms with Gasteiger partial charge < -0.3 is 5.32 Å². The third-order valence-electron chi connectivity index (χ3n) is 7.47. The molecule has 27 heavy (non-hydrogen) atoms. The van der Waals surface area contributed by atoms with Crippen molar-refractivity contribution in [2.75, 3.05) is 0 Å². The molecule has 1 amide bonds. The van der Waals surface area contributed by atoms with Crippen LogP contribution in [0.25, 0.3) is 0 Å². The Morgan fingerprint density at radius 1 is 0.704 bits per heavy atom. The number of amides is 1. The lowest BCUT2D eigenvalue weighted by Crippen LogP contribution is -2.48. The van der Waals surface area contributed by atoms with Gasteiger partial charge >= 0.3 is 0 Å². The standard InChI is InChI=1S/C24H46BNO/c1-21(2,3)26-20(27)22(4)14-12-18-24(6,19-13-15-22)25-23(5)16-10-8-7-9-11-17-23/h25H,7-19H2,1-6H3,(H,26,27). The molecule has 2 rings (SSSR count). The molecule has 1 N–H and O–H groups in total. The fourth-order valence-electron chi connectivity index (χ4n) is 5.92. The summed E-state index contributed by atoms with van der Waals surface area (Å²) in [6.45, 7) is 13.6. The van der Waals surface area contributed by atoms with Crippen LogP contribution >= 0.6 is 0 Å². The number of hydrogen-bond acceptors (Lipinski definition) is 1. The van der Waals surface area contributed by atoms with Crippen molar-refractivity contribution in [3.05, 3.63) is 0 Å². The smallest absolute Gasteiger partial charge is 0.226 e. The van der Waals surface area contributed by atoms with E-state index in [0.717, 1.165) is 12.8 Å². The number of rotatable bonds is 3. The van der Waals surface area contributed by atoms with Crippen LogP contribution in [0.3, 0.4) is 0 Å². The maximum atomic E-state index is 12.9. The van der Waals surface area contributed by atoms with Crippen LogP contribution < -0.4 is 5.32 Å². The molecule has 0 aromatic carbocycles. The molecule has 0 unspecified atom stereocenters. The first-order valence-corrected chi connectivity index (χ1v) is 11.8. The predicted molar refractivity (Wildman–Crippen MR) is 120 cm³/mol. The van der Waals surface area contributed by atoms with Crippen LogP contribution in [-0.2, 0) is 4.79 Å². The molecule has 0 radical (unpaired) electrons. The third kappa shape index (κ3) is 7.13. The van der Waals surface area contributed by atoms with Gasteiger partial charge in [0.2, 0.25) is 5.91 Å². The molecular formula is C24H46BNO. The highest BCUT2D eigenvalue weighted by Crippen LogP contribution is 2.51. The van der Waals surface area contributed by atoms with Crippen LogP contribution in [0.4, 0.5) is 0 Å². The zero-order valence-electron chi connectivity index (χ0n) is 19.3. The Balaban J connectivity index is 1.96. The van der Waals surface area contributed by atoms with Crippen LogP contribution in [0.1, 0.15) is 125 Å². The highest BCUT2D eigenvalue weighted by atomic mass is 16.2. The van der Waals surface area contributed by atoms with Gasteiger partial charge in [-0.05, 0) is 33.6 Å². The quantitative estimate of drug-likeness (QED) is 0.540. The fraction of sp³-hybridized carbons (Fsp3) is 0.958. The van der Waals surface area contributed by atoms with Crippen LogP contribution in [0.5, 0.6) is 0 Å². The Kier molecular flexibility index (Phi) is 7.53. The van der Waals surface area contributed by atoms with Gasteiger partial charge in [0.1, 0.15) is 7.28 Å². The molecule has 2 fully saturated rings. The van der Waals surface area contributed by atoms with Gasteiger partial charge in [-0.25, -0.2) is 0 Å². The number of hydrogen-bond donors (Lipinski definition) is 1. The monoisotopic (exact) mass is 375 g/mol. The van der Waals surface area contributed by atoms with Crippen molar-refractivity contribution in [3.8, 4) is 0 Å². The second kappa shape index (κ2) is 8.91. The zero-order chi connectivity index (χ0) is 20.2. The van der Waals surface area contributed by atoms with Crippen LogP contribution in [0.2, 0.25) is 10.6 Å². The van der Waals surface area contributed by atoms with Crippen molar-refractivity contribution in [1.29, 1.82) is 0 Å². The third-order valence-corrected chi connectivity index (χ3v) is 7.47. The first kappa shape index (κ1) is 22.8. The average molecular weight is 375 g/mol. The van der Waals surface area contributed by atoms with Crippen molar-refractivity contribution >= 4 is 13.2 Å². The summed E-state index contributed by atoms with van der Waals surface area (Å²) in [5.41, 5.74) is -0.317. The van der Waals surface area contributed by atoms with Crippen LogP contribution in [-0.4, -0.2) is 18.7 Å². The highest BCUT2D eigenvalue weighted by molar-refractivity contribution is 6.44. The van der Waals surface area contributed by atoms with E-state index in [0.29, 0.717) is 10.6 Å². The Bertz CT molecular complexity index is 475. The highest BCUT2D eigenvalue weighted by Gasteiger charge is 2.41. The van der Waals surface area contributed by atoms with E-state index in [1.54, 1.807) is 0 Å². The van der Waals surface area contributed by atoms with Gasteiger partial charge in [-0.3, -0.25) is 4.79 Å². The Morgan fingerprint density at radius 2 is 1.11 bits per heavy atom. The van der Waals surface area contributed by atoms with Gasteiger partial charge in [-0.1, -0.05) is 102 Å². The molecule has 0 heterocycles. The van der Waals surface area contributed by atoms with E-state index in [1.165, 1.54) is 77.9 Å². The Labute approximate surface area is 170 Å². The summed E-state index contributed by atoms with van der Waals surface area (Å²) in [4.78, 5) is 12.9. The number of carbonyl (C=O) groups is 1. The van der Waals surface area contributed by atoms with Crippen molar-refractivity contribution in [3.63, 3.8) is 0 Å². The summed E-state index contributed by atoms with van der Waals surface area (Å²) < 4.78 is 0. The van der Waals surface area contributed by atoms with Gasteiger partial charge in [-0.15, -0.1) is 0 Å². The Morgan fingerprint density at radius 3 is 1.56 bits per heavy atom. The minimum absolute atomic E-state index is 0.135. The maximum Gasteiger partial charge on any atom is 0.226 e. The van der Waals surface area contributed by atoms with E-state index in [2.05, 4.69) is 46.9 Å². The van der Waals surface area contributed by atoms with Crippen molar-refractivity contribution in [1.82, 2.24) is 5.32 Å². The fourth-order valence-corrected chi connectivity index (χ4v) is 5.92. The summed E-state index contributed by atoms with van der Waals surface area (Å²) in [5.74, 6) is 0.269. The molecule has 3 heteroatoms. The lowest BCUT2D eigenvalue weighted by atomic mass is 9.35. The van der Waals surface area contributed by atoms with Gasteiger partial charge in [0.25, 0.3) is 0 Å². The minimum Gasteiger partial charge on any atom is -0.351 e. The van der Waals surface area contributed by atoms with E-state index in [4.69, 9.17) is 0 Å². The summed E-state index contributed by atoms with van der Waals surface area (Å²) >= 11 is 0. The molecule has 2 saturated carbocycles. The summed E-state index contributed by atoms with van der Waals surface area (Å²) in [6.07, 6.45) is 17.1. The van der Waals surface area contributed by atoms with Gasteiger partial charge in [0.15, 0.2) is 0 Å². The second-order valence-electron chi connectivity index (χ2n) is 12.0. The van der Waals surface area contributed by atoms with Gasteiger partial charge in [0, 0.05) is 11.0 Å². The maximum absolute atomic E-state index is 12.9. The van der Waals surface area contributed by atoms with Crippen LogP contribution in [0.15, 0.2) is 0 Å². The first-order valence-electron chi connectivity index (χ1n) is 11.8. The van der Waals surface area contributed by atoms with Crippen molar-refractivity contribution in [2.45, 2.75) is 141 Å². The largest absolute Gasteiger partial charge is 0.351 e. The number of carbonyl (C=O) groups excluding carboxylic acids is 1. The molecule has 0 bridgehead atoms. The SMILES string of the molecule is CC1(BC2(C)CCCC(C)(C(=O)NC(C)(C)C)CCC2)CCCCCCC1. The molecule has 2 aliphatic carbocycles. The van der Waals surface area contributed by atoms with Crippen molar-refractivity contribution < 1.29 is 4.79 Å². The molecule has 156 valence electrons. The molecule has 0 aromatic rings. The van der Waals surface area contributed by atoms with E-state index in [-0.39, 0.29) is 16.9 Å². The first-order chi connectivity index (χ1) is 12.5. The van der Waals surface area contributed by atoms with Gasteiger partial charge in [0.05, 0.1) is 0 Å². The molecule has 0 atom stereocenters. The van der Waals surface area contributed by atoms with E-state index < -0.39 is 0 Å². The second-order valence-corrected chi connectivity index (χ2v) is 12.0. The normalized spacial score (nSPS) is 33.1. The molecule has 2 nitrogen and oxygen atoms in total. The summed E-state index contributed by atoms with van der Waals surface area (Å²) in [6, 6.07) is 0. The molecule has 0 aromatic heterocycles. The van der Waals surface area contributed by atoms with Gasteiger partial charge in [-0.2, -0.15) is 0 Å². The molecule has 0 aliphatic heterocycles. The number of nitrogens with one attached hydrogen (secondary N) is 1. The zero-order valence-corrected chi connectivity index (χ0v) is 19.3. The predicted octanol–water partition coefficient (Wildman–Crippen LogP) is 6.80. The molecule has 0 spiro atoms. The average Bonchev–Trinajstić information content (AvgIpc) is 2.48.